The van der Waals surface area contributed by atoms with Gasteiger partial charge in [-0.25, -0.2) is 19.6 Å². The van der Waals surface area contributed by atoms with E-state index in [0.717, 1.165) is 0 Å². The Morgan fingerprint density at radius 3 is 2.76 bits per heavy atom. The Labute approximate surface area is 119 Å². The smallest absolute Gasteiger partial charge is 0.354 e. The van der Waals surface area contributed by atoms with E-state index in [2.05, 4.69) is 30.8 Å². The molecule has 0 fully saturated rings. The summed E-state index contributed by atoms with van der Waals surface area (Å²) in [6.45, 7) is 2.01. The molecule has 0 saturated heterocycles. The zero-order chi connectivity index (χ0) is 15.2. The van der Waals surface area contributed by atoms with Crippen molar-refractivity contribution < 1.29 is 14.7 Å². The Kier molecular flexibility index (Phi) is 4.44. The molecule has 0 radical (unpaired) electrons. The van der Waals surface area contributed by atoms with Crippen LogP contribution in [0.5, 0.6) is 0 Å². The molecule has 0 spiro atoms. The van der Waals surface area contributed by atoms with Crippen LogP contribution in [-0.2, 0) is 6.54 Å². The van der Waals surface area contributed by atoms with Gasteiger partial charge in [0.05, 0.1) is 6.04 Å². The first-order valence-electron chi connectivity index (χ1n) is 6.14. The summed E-state index contributed by atoms with van der Waals surface area (Å²) in [6.07, 6.45) is 2.77. The quantitative estimate of drug-likeness (QED) is 0.632. The molecular weight excluding hydrogens is 276 g/mol. The van der Waals surface area contributed by atoms with Crippen molar-refractivity contribution in [3.05, 3.63) is 41.7 Å². The molecule has 21 heavy (non-hydrogen) atoms. The summed E-state index contributed by atoms with van der Waals surface area (Å²) in [5.41, 5.74) is 0.657. The SMILES string of the molecule is CC(NC(=O)NCc1ccc(C(=O)O)nc1)c1ncn[nH]1. The van der Waals surface area contributed by atoms with Crippen LogP contribution in [0.15, 0.2) is 24.7 Å². The van der Waals surface area contributed by atoms with Gasteiger partial charge in [-0.2, -0.15) is 5.10 Å². The number of hydrogen-bond acceptors (Lipinski definition) is 5. The van der Waals surface area contributed by atoms with Gasteiger partial charge >= 0.3 is 12.0 Å². The van der Waals surface area contributed by atoms with E-state index in [0.29, 0.717) is 11.4 Å². The van der Waals surface area contributed by atoms with Gasteiger partial charge in [0, 0.05) is 12.7 Å². The molecule has 9 nitrogen and oxygen atoms in total. The van der Waals surface area contributed by atoms with Gasteiger partial charge < -0.3 is 15.7 Å². The topological polar surface area (TPSA) is 133 Å². The molecule has 0 aliphatic heterocycles. The first-order chi connectivity index (χ1) is 10.1. The zero-order valence-electron chi connectivity index (χ0n) is 11.2. The second-order valence-corrected chi connectivity index (χ2v) is 4.28. The minimum absolute atomic E-state index is 0.0397. The molecule has 0 bridgehead atoms. The molecule has 1 atom stereocenters. The van der Waals surface area contributed by atoms with Crippen LogP contribution in [0.1, 0.15) is 34.8 Å². The van der Waals surface area contributed by atoms with E-state index >= 15 is 0 Å². The fraction of sp³-hybridized carbons (Fsp3) is 0.250. The van der Waals surface area contributed by atoms with Crippen LogP contribution in [-0.4, -0.2) is 37.3 Å². The number of aromatic amines is 1. The van der Waals surface area contributed by atoms with Gasteiger partial charge in [-0.15, -0.1) is 0 Å². The van der Waals surface area contributed by atoms with Crippen molar-refractivity contribution in [2.75, 3.05) is 0 Å². The van der Waals surface area contributed by atoms with Crippen molar-refractivity contribution in [1.29, 1.82) is 0 Å². The molecule has 0 aliphatic carbocycles. The van der Waals surface area contributed by atoms with Gasteiger partial charge in [-0.05, 0) is 18.6 Å². The van der Waals surface area contributed by atoms with Crippen LogP contribution in [0.2, 0.25) is 0 Å². The Morgan fingerprint density at radius 2 is 2.19 bits per heavy atom. The molecular formula is C12H14N6O3. The number of carbonyl (C=O) groups excluding carboxylic acids is 1. The Hall–Kier alpha value is -2.97. The molecule has 110 valence electrons. The van der Waals surface area contributed by atoms with Crippen LogP contribution >= 0.6 is 0 Å². The van der Waals surface area contributed by atoms with Crippen LogP contribution in [0.3, 0.4) is 0 Å². The van der Waals surface area contributed by atoms with Crippen LogP contribution in [0.25, 0.3) is 0 Å². The van der Waals surface area contributed by atoms with Crippen LogP contribution in [0, 0.1) is 0 Å². The number of aromatic nitrogens is 4. The van der Waals surface area contributed by atoms with Crippen molar-refractivity contribution in [3.8, 4) is 0 Å². The third-order valence-corrected chi connectivity index (χ3v) is 2.69. The van der Waals surface area contributed by atoms with Gasteiger partial charge in [-0.1, -0.05) is 6.07 Å². The number of aromatic carboxylic acids is 1. The number of urea groups is 1. The molecule has 0 aromatic carbocycles. The average Bonchev–Trinajstić information content (AvgIpc) is 3.00. The third-order valence-electron chi connectivity index (χ3n) is 2.69. The van der Waals surface area contributed by atoms with Crippen molar-refractivity contribution >= 4 is 12.0 Å². The van der Waals surface area contributed by atoms with Crippen molar-refractivity contribution in [2.24, 2.45) is 0 Å². The summed E-state index contributed by atoms with van der Waals surface area (Å²) in [4.78, 5) is 30.1. The lowest BCUT2D eigenvalue weighted by Gasteiger charge is -2.12. The lowest BCUT2D eigenvalue weighted by atomic mass is 10.2. The van der Waals surface area contributed by atoms with Gasteiger partial charge in [0.15, 0.2) is 0 Å². The lowest BCUT2D eigenvalue weighted by Crippen LogP contribution is -2.37. The van der Waals surface area contributed by atoms with Crippen LogP contribution in [0.4, 0.5) is 4.79 Å². The Balaban J connectivity index is 1.82. The highest BCUT2D eigenvalue weighted by Gasteiger charge is 2.11. The fourth-order valence-corrected chi connectivity index (χ4v) is 1.58. The van der Waals surface area contributed by atoms with E-state index < -0.39 is 5.97 Å². The number of hydrogen-bond donors (Lipinski definition) is 4. The molecule has 1 unspecified atom stereocenters. The summed E-state index contributed by atoms with van der Waals surface area (Å²) in [6, 6.07) is 2.30. The largest absolute Gasteiger partial charge is 0.477 e. The molecule has 2 aromatic rings. The summed E-state index contributed by atoms with van der Waals surface area (Å²) >= 11 is 0. The number of carboxylic acids is 1. The van der Waals surface area contributed by atoms with Gasteiger partial charge in [0.1, 0.15) is 17.8 Å². The van der Waals surface area contributed by atoms with E-state index in [4.69, 9.17) is 5.11 Å². The number of amides is 2. The fourth-order valence-electron chi connectivity index (χ4n) is 1.58. The van der Waals surface area contributed by atoms with Crippen molar-refractivity contribution in [2.45, 2.75) is 19.5 Å². The summed E-state index contributed by atoms with van der Waals surface area (Å²) in [7, 11) is 0. The van der Waals surface area contributed by atoms with E-state index in [1.165, 1.54) is 18.6 Å². The maximum atomic E-state index is 11.7. The first-order valence-corrected chi connectivity index (χ1v) is 6.14. The molecule has 2 heterocycles. The number of carbonyl (C=O) groups is 2. The number of rotatable bonds is 5. The second-order valence-electron chi connectivity index (χ2n) is 4.28. The predicted molar refractivity (Wildman–Crippen MR) is 71.4 cm³/mol. The number of H-pyrrole nitrogens is 1. The van der Waals surface area contributed by atoms with E-state index in [1.807, 2.05) is 0 Å². The third kappa shape index (κ3) is 4.00. The van der Waals surface area contributed by atoms with Crippen molar-refractivity contribution in [1.82, 2.24) is 30.8 Å². The molecule has 2 amide bonds. The summed E-state index contributed by atoms with van der Waals surface area (Å²) in [5, 5.41) is 20.4. The maximum absolute atomic E-state index is 11.7. The minimum Gasteiger partial charge on any atom is -0.477 e. The van der Waals surface area contributed by atoms with Crippen LogP contribution < -0.4 is 10.6 Å². The Morgan fingerprint density at radius 1 is 1.38 bits per heavy atom. The molecule has 9 heteroatoms. The zero-order valence-corrected chi connectivity index (χ0v) is 11.2. The monoisotopic (exact) mass is 290 g/mol. The number of carboxylic acid groups (broad SMARTS) is 1. The number of pyridine rings is 1. The highest BCUT2D eigenvalue weighted by Crippen LogP contribution is 2.04. The minimum atomic E-state index is -1.09. The van der Waals surface area contributed by atoms with E-state index in [9.17, 15) is 9.59 Å². The highest BCUT2D eigenvalue weighted by atomic mass is 16.4. The van der Waals surface area contributed by atoms with Gasteiger partial charge in [-0.3, -0.25) is 5.10 Å². The average molecular weight is 290 g/mol. The highest BCUT2D eigenvalue weighted by molar-refractivity contribution is 5.85. The molecule has 4 N–H and O–H groups in total. The molecule has 0 aliphatic rings. The lowest BCUT2D eigenvalue weighted by molar-refractivity contribution is 0.0690. The van der Waals surface area contributed by atoms with Gasteiger partial charge in [0.2, 0.25) is 0 Å². The number of nitrogens with one attached hydrogen (secondary N) is 3. The summed E-state index contributed by atoms with van der Waals surface area (Å²) < 4.78 is 0. The molecule has 2 rings (SSSR count). The van der Waals surface area contributed by atoms with E-state index in [1.54, 1.807) is 13.0 Å². The molecule has 0 saturated carbocycles. The maximum Gasteiger partial charge on any atom is 0.354 e. The number of nitrogens with zero attached hydrogens (tertiary/aromatic N) is 3. The first kappa shape index (κ1) is 14.4. The summed E-state index contributed by atoms with van der Waals surface area (Å²) in [5.74, 6) is -0.536. The van der Waals surface area contributed by atoms with Crippen molar-refractivity contribution in [3.63, 3.8) is 0 Å². The predicted octanol–water partition coefficient (Wildman–Crippen LogP) is 0.458. The second kappa shape index (κ2) is 6.46. The Bertz CT molecular complexity index is 610. The molecule has 2 aromatic heterocycles. The standard InChI is InChI=1S/C12H14N6O3/c1-7(10-15-6-16-18-10)17-12(21)14-5-8-2-3-9(11(19)20)13-4-8/h2-4,6-7H,5H2,1H3,(H,19,20)(H2,14,17,21)(H,15,16,18). The van der Waals surface area contributed by atoms with Gasteiger partial charge in [0.25, 0.3) is 0 Å². The van der Waals surface area contributed by atoms with E-state index in [-0.39, 0.29) is 24.3 Å². The normalized spacial score (nSPS) is 11.7.